The fraction of sp³-hybridized carbons (Fsp3) is 0.286. The molecule has 2 aromatic rings. The van der Waals surface area contributed by atoms with Gasteiger partial charge in [-0.3, -0.25) is 0 Å². The molecule has 10 heteroatoms. The first kappa shape index (κ1) is 19.2. The van der Waals surface area contributed by atoms with Gasteiger partial charge in [0, 0.05) is 11.5 Å². The van der Waals surface area contributed by atoms with Gasteiger partial charge in [0.25, 0.3) is 6.08 Å². The Morgan fingerprint density at radius 2 is 1.83 bits per heavy atom. The van der Waals surface area contributed by atoms with E-state index in [4.69, 9.17) is 0 Å². The molecule has 1 aromatic heterocycles. The van der Waals surface area contributed by atoms with Crippen molar-refractivity contribution in [2.24, 2.45) is 0 Å². The highest BCUT2D eigenvalue weighted by atomic mass is 32.2. The van der Waals surface area contributed by atoms with Crippen LogP contribution in [0.3, 0.4) is 0 Å². The van der Waals surface area contributed by atoms with Gasteiger partial charge in [-0.05, 0) is 24.1 Å². The number of benzene rings is 1. The highest BCUT2D eigenvalue weighted by molar-refractivity contribution is 8.02. The minimum Gasteiger partial charge on any atom is -0.174 e. The first-order chi connectivity index (χ1) is 11.3. The molecule has 1 heterocycles. The summed E-state index contributed by atoms with van der Waals surface area (Å²) in [5.41, 5.74) is -0.134. The lowest BCUT2D eigenvalue weighted by atomic mass is 10.1. The molecule has 0 bridgehead atoms. The predicted octanol–water partition coefficient (Wildman–Crippen LogP) is 6.11. The summed E-state index contributed by atoms with van der Waals surface area (Å²) in [7, 11) is 0. The van der Waals surface area contributed by atoms with Crippen molar-refractivity contribution >= 4 is 34.9 Å². The molecule has 0 amide bonds. The lowest BCUT2D eigenvalue weighted by molar-refractivity contribution is -0.137. The van der Waals surface area contributed by atoms with Gasteiger partial charge >= 0.3 is 6.18 Å². The van der Waals surface area contributed by atoms with Crippen LogP contribution < -0.4 is 0 Å². The highest BCUT2D eigenvalue weighted by Gasteiger charge is 2.30. The van der Waals surface area contributed by atoms with Gasteiger partial charge in [0.05, 0.1) is 5.56 Å². The van der Waals surface area contributed by atoms with Crippen LogP contribution in [0.15, 0.2) is 45.1 Å². The highest BCUT2D eigenvalue weighted by Crippen LogP contribution is 2.33. The summed E-state index contributed by atoms with van der Waals surface area (Å²) >= 11 is 3.90. The minimum atomic E-state index is -4.36. The lowest BCUT2D eigenvalue weighted by Crippen LogP contribution is -2.04. The zero-order valence-corrected chi connectivity index (χ0v) is 14.5. The van der Waals surface area contributed by atoms with Crippen LogP contribution in [0.25, 0.3) is 0 Å². The Kier molecular flexibility index (Phi) is 7.05. The summed E-state index contributed by atoms with van der Waals surface area (Å²) < 4.78 is 63.0. The van der Waals surface area contributed by atoms with E-state index in [-0.39, 0.29) is 6.42 Å². The molecule has 0 radical (unpaired) electrons. The molecule has 0 spiro atoms. The van der Waals surface area contributed by atoms with Gasteiger partial charge in [0.15, 0.2) is 8.68 Å². The molecule has 0 fully saturated rings. The van der Waals surface area contributed by atoms with Crippen LogP contribution in [-0.4, -0.2) is 16.0 Å². The number of hydrogen-bond donors (Lipinski definition) is 0. The Labute approximate surface area is 147 Å². The van der Waals surface area contributed by atoms with Gasteiger partial charge in [-0.1, -0.05) is 53.1 Å². The predicted molar refractivity (Wildman–Crippen MR) is 86.6 cm³/mol. The van der Waals surface area contributed by atoms with E-state index in [2.05, 4.69) is 10.2 Å². The molecule has 24 heavy (non-hydrogen) atoms. The first-order valence-electron chi connectivity index (χ1n) is 6.61. The molecule has 2 rings (SSSR count). The number of thioether (sulfide) groups is 2. The van der Waals surface area contributed by atoms with Crippen molar-refractivity contribution in [3.8, 4) is 0 Å². The van der Waals surface area contributed by atoms with Gasteiger partial charge < -0.3 is 0 Å². The molecule has 130 valence electrons. The fourth-order valence-electron chi connectivity index (χ4n) is 1.61. The third-order valence-corrected chi connectivity index (χ3v) is 5.94. The number of nitrogens with zero attached hydrogens (tertiary/aromatic N) is 2. The van der Waals surface area contributed by atoms with Crippen molar-refractivity contribution < 1.29 is 22.0 Å². The number of halogens is 5. The SMILES string of the molecule is FC(F)=CCCSc1nnc(SCc2cccc(C(F)(F)F)c2)s1. The van der Waals surface area contributed by atoms with E-state index in [0.717, 1.165) is 18.2 Å². The Morgan fingerprint density at radius 3 is 2.50 bits per heavy atom. The molecule has 0 unspecified atom stereocenters. The monoisotopic (exact) mass is 398 g/mol. The largest absolute Gasteiger partial charge is 0.416 e. The number of rotatable bonds is 7. The standard InChI is InChI=1S/C14H11F5N2S3/c15-11(16)5-2-6-22-12-20-21-13(24-12)23-8-9-3-1-4-10(7-9)14(17,18)19/h1,3-5,7H,2,6,8H2. The molecule has 1 aromatic carbocycles. The second-order valence-electron chi connectivity index (χ2n) is 4.45. The average molecular weight is 398 g/mol. The molecule has 0 aliphatic carbocycles. The topological polar surface area (TPSA) is 25.8 Å². The lowest BCUT2D eigenvalue weighted by Gasteiger charge is -2.07. The molecule has 0 aliphatic heterocycles. The van der Waals surface area contributed by atoms with Crippen LogP contribution in [0.2, 0.25) is 0 Å². The zero-order valence-electron chi connectivity index (χ0n) is 12.0. The normalized spacial score (nSPS) is 11.5. The molecule has 0 atom stereocenters. The maximum atomic E-state index is 12.7. The molecule has 0 saturated heterocycles. The van der Waals surface area contributed by atoms with Crippen LogP contribution in [-0.2, 0) is 11.9 Å². The van der Waals surface area contributed by atoms with Crippen molar-refractivity contribution in [3.63, 3.8) is 0 Å². The van der Waals surface area contributed by atoms with E-state index < -0.39 is 17.8 Å². The average Bonchev–Trinajstić information content (AvgIpc) is 2.97. The van der Waals surface area contributed by atoms with Crippen LogP contribution in [0.1, 0.15) is 17.5 Å². The van der Waals surface area contributed by atoms with Crippen molar-refractivity contribution in [2.75, 3.05) is 5.75 Å². The third kappa shape index (κ3) is 6.40. The molecule has 0 saturated carbocycles. The van der Waals surface area contributed by atoms with Gasteiger partial charge in [-0.15, -0.1) is 10.2 Å². The first-order valence-corrected chi connectivity index (χ1v) is 9.40. The number of allylic oxidation sites excluding steroid dienone is 1. The summed E-state index contributed by atoms with van der Waals surface area (Å²) in [6, 6.07) is 5.14. The van der Waals surface area contributed by atoms with Gasteiger partial charge in [-0.2, -0.15) is 22.0 Å². The van der Waals surface area contributed by atoms with Crippen molar-refractivity contribution in [3.05, 3.63) is 47.5 Å². The molecule has 0 N–H and O–H groups in total. The van der Waals surface area contributed by atoms with Crippen LogP contribution >= 0.6 is 34.9 Å². The van der Waals surface area contributed by atoms with Gasteiger partial charge in [-0.25, -0.2) is 0 Å². The minimum absolute atomic E-state index is 0.235. The Hall–Kier alpha value is -1.13. The summed E-state index contributed by atoms with van der Waals surface area (Å²) in [6.07, 6.45) is -4.98. The fourth-order valence-corrected chi connectivity index (χ4v) is 4.53. The third-order valence-electron chi connectivity index (χ3n) is 2.65. The Morgan fingerprint density at radius 1 is 1.12 bits per heavy atom. The maximum Gasteiger partial charge on any atom is 0.416 e. The van der Waals surface area contributed by atoms with Crippen molar-refractivity contribution in [1.29, 1.82) is 0 Å². The summed E-state index contributed by atoms with van der Waals surface area (Å²) in [5, 5.41) is 7.87. The molecule has 2 nitrogen and oxygen atoms in total. The van der Waals surface area contributed by atoms with E-state index in [1.54, 1.807) is 6.07 Å². The quantitative estimate of drug-likeness (QED) is 0.319. The van der Waals surface area contributed by atoms with E-state index in [9.17, 15) is 22.0 Å². The molecular formula is C14H11F5N2S3. The summed E-state index contributed by atoms with van der Waals surface area (Å²) in [5.74, 6) is 0.809. The van der Waals surface area contributed by atoms with E-state index >= 15 is 0 Å². The second kappa shape index (κ2) is 8.82. The van der Waals surface area contributed by atoms with Crippen molar-refractivity contribution in [1.82, 2.24) is 10.2 Å². The molecule has 0 aliphatic rings. The number of alkyl halides is 3. The van der Waals surface area contributed by atoms with Crippen LogP contribution in [0, 0.1) is 0 Å². The Balaban J connectivity index is 1.86. The van der Waals surface area contributed by atoms with Gasteiger partial charge in [0.1, 0.15) is 0 Å². The van der Waals surface area contributed by atoms with Crippen LogP contribution in [0.4, 0.5) is 22.0 Å². The number of hydrogen-bond acceptors (Lipinski definition) is 5. The summed E-state index contributed by atoms with van der Waals surface area (Å²) in [6.45, 7) is 0. The van der Waals surface area contributed by atoms with E-state index in [1.807, 2.05) is 0 Å². The smallest absolute Gasteiger partial charge is 0.174 e. The molecular weight excluding hydrogens is 387 g/mol. The summed E-state index contributed by atoms with van der Waals surface area (Å²) in [4.78, 5) is 0. The van der Waals surface area contributed by atoms with E-state index in [0.29, 0.717) is 25.7 Å². The van der Waals surface area contributed by atoms with E-state index in [1.165, 1.54) is 40.9 Å². The zero-order chi connectivity index (χ0) is 17.6. The maximum absolute atomic E-state index is 12.7. The second-order valence-corrected chi connectivity index (χ2v) is 7.99. The van der Waals surface area contributed by atoms with Crippen LogP contribution in [0.5, 0.6) is 0 Å². The number of aromatic nitrogens is 2. The van der Waals surface area contributed by atoms with Crippen molar-refractivity contribution in [2.45, 2.75) is 27.0 Å². The van der Waals surface area contributed by atoms with Gasteiger partial charge in [0.2, 0.25) is 0 Å². The Bertz CT molecular complexity index is 696.